The van der Waals surface area contributed by atoms with Crippen LogP contribution in [0, 0.1) is 12.7 Å². The van der Waals surface area contributed by atoms with E-state index in [0.717, 1.165) is 23.6 Å². The molecule has 1 aromatic heterocycles. The van der Waals surface area contributed by atoms with Crippen LogP contribution < -0.4 is 14.9 Å². The molecule has 1 amide bonds. The van der Waals surface area contributed by atoms with Gasteiger partial charge in [-0.3, -0.25) is 9.59 Å². The van der Waals surface area contributed by atoms with Gasteiger partial charge in [0.2, 0.25) is 5.76 Å². The summed E-state index contributed by atoms with van der Waals surface area (Å²) in [7, 11) is 0. The van der Waals surface area contributed by atoms with Crippen LogP contribution in [0.15, 0.2) is 69.9 Å². The highest BCUT2D eigenvalue weighted by molar-refractivity contribution is 5.99. The first-order valence-electron chi connectivity index (χ1n) is 12.4. The van der Waals surface area contributed by atoms with Crippen LogP contribution in [-0.4, -0.2) is 24.0 Å². The van der Waals surface area contributed by atoms with Crippen LogP contribution in [0.5, 0.6) is 11.5 Å². The smallest absolute Gasteiger partial charge is 0.291 e. The molecular weight excluding hydrogens is 473 g/mol. The fourth-order valence-electron chi connectivity index (χ4n) is 4.69. The molecule has 5 rings (SSSR count). The molecule has 0 radical (unpaired) electrons. The number of hydrogen-bond donors (Lipinski definition) is 0. The Morgan fingerprint density at radius 2 is 1.73 bits per heavy atom. The lowest BCUT2D eigenvalue weighted by atomic mass is 9.97. The van der Waals surface area contributed by atoms with E-state index in [4.69, 9.17) is 13.9 Å². The molecular formula is C30H28FNO5. The van der Waals surface area contributed by atoms with Gasteiger partial charge in [-0.1, -0.05) is 42.8 Å². The second kappa shape index (κ2) is 10.1. The Labute approximate surface area is 214 Å². The van der Waals surface area contributed by atoms with Gasteiger partial charge in [-0.2, -0.15) is 0 Å². The van der Waals surface area contributed by atoms with Gasteiger partial charge >= 0.3 is 0 Å². The van der Waals surface area contributed by atoms with Crippen LogP contribution >= 0.6 is 0 Å². The van der Waals surface area contributed by atoms with Gasteiger partial charge in [-0.25, -0.2) is 4.39 Å². The molecule has 3 aromatic carbocycles. The van der Waals surface area contributed by atoms with E-state index in [2.05, 4.69) is 0 Å². The van der Waals surface area contributed by atoms with Crippen LogP contribution in [0.3, 0.4) is 0 Å². The molecule has 0 N–H and O–H groups in total. The number of benzene rings is 3. The first-order chi connectivity index (χ1) is 17.9. The number of nitrogens with zero attached hydrogens (tertiary/aromatic N) is 1. The number of ether oxygens (including phenoxy) is 2. The Hall–Kier alpha value is -4.13. The summed E-state index contributed by atoms with van der Waals surface area (Å²) in [6.45, 7) is 7.11. The highest BCUT2D eigenvalue weighted by atomic mass is 19.1. The predicted molar refractivity (Wildman–Crippen MR) is 139 cm³/mol. The van der Waals surface area contributed by atoms with Crippen molar-refractivity contribution in [2.24, 2.45) is 0 Å². The summed E-state index contributed by atoms with van der Waals surface area (Å²) in [5.41, 5.74) is 2.63. The molecule has 0 spiro atoms. The number of halogens is 1. The largest absolute Gasteiger partial charge is 0.490 e. The van der Waals surface area contributed by atoms with Crippen molar-refractivity contribution in [3.63, 3.8) is 0 Å². The minimum Gasteiger partial charge on any atom is -0.490 e. The Morgan fingerprint density at radius 1 is 0.946 bits per heavy atom. The molecule has 0 saturated carbocycles. The zero-order valence-electron chi connectivity index (χ0n) is 21.0. The molecule has 1 atom stereocenters. The SMILES string of the molecule is CCCOc1ccc(C2c3c(oc4ccc(F)cc4c3=O)C(=O)N2Cc2ccc(C)cc2)cc1OCC. The average Bonchev–Trinajstić information content (AvgIpc) is 3.16. The van der Waals surface area contributed by atoms with Crippen molar-refractivity contribution in [3.8, 4) is 11.5 Å². The topological polar surface area (TPSA) is 69.0 Å². The van der Waals surface area contributed by atoms with Crippen molar-refractivity contribution >= 4 is 16.9 Å². The third-order valence-corrected chi connectivity index (χ3v) is 6.45. The van der Waals surface area contributed by atoms with Gasteiger partial charge in [0.15, 0.2) is 16.9 Å². The van der Waals surface area contributed by atoms with E-state index in [-0.39, 0.29) is 28.8 Å². The van der Waals surface area contributed by atoms with Gasteiger partial charge in [0.05, 0.1) is 30.2 Å². The Morgan fingerprint density at radius 3 is 2.46 bits per heavy atom. The molecule has 37 heavy (non-hydrogen) atoms. The fourth-order valence-corrected chi connectivity index (χ4v) is 4.69. The summed E-state index contributed by atoms with van der Waals surface area (Å²) in [5, 5.41) is 0.0988. The maximum Gasteiger partial charge on any atom is 0.291 e. The summed E-state index contributed by atoms with van der Waals surface area (Å²) in [4.78, 5) is 29.0. The maximum absolute atomic E-state index is 14.1. The van der Waals surface area contributed by atoms with Crippen LogP contribution in [0.4, 0.5) is 4.39 Å². The molecule has 0 aliphatic carbocycles. The van der Waals surface area contributed by atoms with E-state index in [1.165, 1.54) is 12.1 Å². The number of carbonyl (C=O) groups is 1. The Kier molecular flexibility index (Phi) is 6.70. The summed E-state index contributed by atoms with van der Waals surface area (Å²) in [6.07, 6.45) is 0.840. The van der Waals surface area contributed by atoms with Crippen molar-refractivity contribution in [1.82, 2.24) is 4.90 Å². The molecule has 4 aromatic rings. The highest BCUT2D eigenvalue weighted by Crippen LogP contribution is 2.42. The monoisotopic (exact) mass is 501 g/mol. The van der Waals surface area contributed by atoms with E-state index in [9.17, 15) is 14.0 Å². The van der Waals surface area contributed by atoms with Gasteiger partial charge in [0, 0.05) is 6.54 Å². The number of fused-ring (bicyclic) bond motifs is 2. The lowest BCUT2D eigenvalue weighted by molar-refractivity contribution is 0.0714. The highest BCUT2D eigenvalue weighted by Gasteiger charge is 2.43. The summed E-state index contributed by atoms with van der Waals surface area (Å²) in [6, 6.07) is 16.3. The van der Waals surface area contributed by atoms with Crippen LogP contribution in [0.2, 0.25) is 0 Å². The maximum atomic E-state index is 14.1. The van der Waals surface area contributed by atoms with Crippen molar-refractivity contribution in [1.29, 1.82) is 0 Å². The molecule has 190 valence electrons. The van der Waals surface area contributed by atoms with Gasteiger partial charge in [-0.05, 0) is 61.7 Å². The molecule has 0 saturated heterocycles. The van der Waals surface area contributed by atoms with Crippen molar-refractivity contribution in [3.05, 3.63) is 105 Å². The molecule has 6 nitrogen and oxygen atoms in total. The minimum atomic E-state index is -0.743. The van der Waals surface area contributed by atoms with Gasteiger partial charge in [0.25, 0.3) is 5.91 Å². The van der Waals surface area contributed by atoms with Crippen molar-refractivity contribution in [2.45, 2.75) is 39.8 Å². The number of amides is 1. The molecule has 7 heteroatoms. The third kappa shape index (κ3) is 4.57. The minimum absolute atomic E-state index is 0.0227. The second-order valence-corrected chi connectivity index (χ2v) is 9.12. The third-order valence-electron chi connectivity index (χ3n) is 6.45. The zero-order valence-corrected chi connectivity index (χ0v) is 21.0. The Balaban J connectivity index is 1.69. The van der Waals surface area contributed by atoms with Crippen LogP contribution in [0.25, 0.3) is 11.0 Å². The lowest BCUT2D eigenvalue weighted by Gasteiger charge is -2.26. The van der Waals surface area contributed by atoms with E-state index >= 15 is 0 Å². The van der Waals surface area contributed by atoms with Crippen molar-refractivity contribution < 1.29 is 23.1 Å². The first-order valence-corrected chi connectivity index (χ1v) is 12.4. The summed E-state index contributed by atoms with van der Waals surface area (Å²) < 4.78 is 31.7. The van der Waals surface area contributed by atoms with E-state index in [0.29, 0.717) is 30.3 Å². The summed E-state index contributed by atoms with van der Waals surface area (Å²) in [5.74, 6) is 0.155. The molecule has 1 aliphatic rings. The zero-order chi connectivity index (χ0) is 26.1. The summed E-state index contributed by atoms with van der Waals surface area (Å²) >= 11 is 0. The number of rotatable bonds is 8. The standard InChI is InChI=1S/C30H28FNO5/c1-4-14-36-24-12-10-20(15-25(24)35-5-2)27-26-28(33)22-16-21(31)11-13-23(22)37-29(26)30(34)32(27)17-19-8-6-18(3)7-9-19/h6-13,15-16,27H,4-5,14,17H2,1-3H3. The Bertz CT molecular complexity index is 1530. The average molecular weight is 502 g/mol. The first kappa shape index (κ1) is 24.6. The fraction of sp³-hybridized carbons (Fsp3) is 0.267. The van der Waals surface area contributed by atoms with Crippen molar-refractivity contribution in [2.75, 3.05) is 13.2 Å². The molecule has 0 bridgehead atoms. The van der Waals surface area contributed by atoms with Crippen LogP contribution in [0.1, 0.15) is 59.1 Å². The molecule has 1 aliphatic heterocycles. The molecule has 1 unspecified atom stereocenters. The lowest BCUT2D eigenvalue weighted by Crippen LogP contribution is -2.29. The van der Waals surface area contributed by atoms with E-state index < -0.39 is 23.2 Å². The van der Waals surface area contributed by atoms with Crippen LogP contribution in [-0.2, 0) is 6.54 Å². The predicted octanol–water partition coefficient (Wildman–Crippen LogP) is 6.17. The van der Waals surface area contributed by atoms with E-state index in [1.807, 2.05) is 51.1 Å². The van der Waals surface area contributed by atoms with Gasteiger partial charge < -0.3 is 18.8 Å². The van der Waals surface area contributed by atoms with Gasteiger partial charge in [0.1, 0.15) is 11.4 Å². The quantitative estimate of drug-likeness (QED) is 0.289. The van der Waals surface area contributed by atoms with Gasteiger partial charge in [-0.15, -0.1) is 0 Å². The number of carbonyl (C=O) groups excluding carboxylic acids is 1. The second-order valence-electron chi connectivity index (χ2n) is 9.12. The van der Waals surface area contributed by atoms with E-state index in [1.54, 1.807) is 17.0 Å². The number of hydrogen-bond acceptors (Lipinski definition) is 5. The normalized spacial score (nSPS) is 14.8. The number of aryl methyl sites for hydroxylation is 1. The molecule has 0 fully saturated rings. The molecule has 2 heterocycles.